The maximum absolute atomic E-state index is 14.0. The highest BCUT2D eigenvalue weighted by Crippen LogP contribution is 2.21. The summed E-state index contributed by atoms with van der Waals surface area (Å²) < 4.78 is 29.1. The zero-order chi connectivity index (χ0) is 13.8. The fraction of sp³-hybridized carbons (Fsp3) is 0.231. The molecule has 0 aliphatic heterocycles. The van der Waals surface area contributed by atoms with Gasteiger partial charge in [-0.05, 0) is 24.2 Å². The first-order valence-corrected chi connectivity index (χ1v) is 5.79. The molecule has 6 heteroatoms. The lowest BCUT2D eigenvalue weighted by Crippen LogP contribution is -2.13. The van der Waals surface area contributed by atoms with Gasteiger partial charge >= 0.3 is 0 Å². The first-order chi connectivity index (χ1) is 9.17. The van der Waals surface area contributed by atoms with Crippen LogP contribution in [-0.4, -0.2) is 16.1 Å². The minimum absolute atomic E-state index is 0.0581. The molecule has 98 valence electrons. The highest BCUT2D eigenvalue weighted by atomic mass is 19.1. The molecule has 1 heterocycles. The van der Waals surface area contributed by atoms with Crippen LogP contribution in [0.15, 0.2) is 24.5 Å². The summed E-state index contributed by atoms with van der Waals surface area (Å²) in [5.74, 6) is -1.50. The highest BCUT2D eigenvalue weighted by molar-refractivity contribution is 5.41. The van der Waals surface area contributed by atoms with Gasteiger partial charge in [0.15, 0.2) is 11.6 Å². The number of nitrogens with zero attached hydrogens (tertiary/aromatic N) is 3. The SMILES string of the molecule is CCNCc1cc(F)c(-n2ccnc2C#N)c(F)c1. The Bertz CT molecular complexity index is 605. The molecule has 2 aromatic rings. The molecule has 2 rings (SSSR count). The minimum atomic E-state index is -0.720. The Labute approximate surface area is 109 Å². The molecule has 0 radical (unpaired) electrons. The van der Waals surface area contributed by atoms with Crippen LogP contribution in [0.4, 0.5) is 8.78 Å². The largest absolute Gasteiger partial charge is 0.313 e. The van der Waals surface area contributed by atoms with Crippen LogP contribution in [0, 0.1) is 23.0 Å². The van der Waals surface area contributed by atoms with Crippen LogP contribution in [0.5, 0.6) is 0 Å². The number of rotatable bonds is 4. The molecule has 0 spiro atoms. The van der Waals surface area contributed by atoms with Gasteiger partial charge in [-0.15, -0.1) is 0 Å². The standard InChI is InChI=1S/C13H12F2N4/c1-2-17-8-9-5-10(14)13(11(15)6-9)19-4-3-18-12(19)7-16/h3-6,17H,2,8H2,1H3. The maximum atomic E-state index is 14.0. The molecule has 0 unspecified atom stereocenters. The van der Waals surface area contributed by atoms with Crippen molar-refractivity contribution in [1.29, 1.82) is 5.26 Å². The third-order valence-corrected chi connectivity index (χ3v) is 2.64. The molecule has 0 aliphatic carbocycles. The van der Waals surface area contributed by atoms with Crippen molar-refractivity contribution in [3.8, 4) is 11.8 Å². The second-order valence-corrected chi connectivity index (χ2v) is 3.92. The van der Waals surface area contributed by atoms with Crippen molar-refractivity contribution >= 4 is 0 Å². The van der Waals surface area contributed by atoms with Crippen molar-refractivity contribution in [2.75, 3.05) is 6.54 Å². The number of halogens is 2. The van der Waals surface area contributed by atoms with Crippen LogP contribution in [0.1, 0.15) is 18.3 Å². The molecule has 0 amide bonds. The summed E-state index contributed by atoms with van der Waals surface area (Å²) in [4.78, 5) is 3.72. The van der Waals surface area contributed by atoms with Crippen LogP contribution >= 0.6 is 0 Å². The molecule has 1 aromatic heterocycles. The van der Waals surface area contributed by atoms with Gasteiger partial charge in [0.1, 0.15) is 11.8 Å². The van der Waals surface area contributed by atoms with E-state index < -0.39 is 11.6 Å². The third kappa shape index (κ3) is 2.61. The summed E-state index contributed by atoms with van der Waals surface area (Å²) in [7, 11) is 0. The zero-order valence-corrected chi connectivity index (χ0v) is 10.3. The van der Waals surface area contributed by atoms with Gasteiger partial charge in [0.05, 0.1) is 0 Å². The van der Waals surface area contributed by atoms with Gasteiger partial charge in [-0.2, -0.15) is 5.26 Å². The molecular formula is C13H12F2N4. The van der Waals surface area contributed by atoms with Crippen LogP contribution in [0.3, 0.4) is 0 Å². The van der Waals surface area contributed by atoms with Gasteiger partial charge in [-0.25, -0.2) is 13.8 Å². The number of hydrogen-bond acceptors (Lipinski definition) is 3. The van der Waals surface area contributed by atoms with E-state index in [0.29, 0.717) is 18.7 Å². The maximum Gasteiger partial charge on any atom is 0.217 e. The van der Waals surface area contributed by atoms with E-state index in [-0.39, 0.29) is 11.5 Å². The Kier molecular flexibility index (Phi) is 3.88. The summed E-state index contributed by atoms with van der Waals surface area (Å²) in [6, 6.07) is 4.29. The summed E-state index contributed by atoms with van der Waals surface area (Å²) in [6.45, 7) is 3.01. The van der Waals surface area contributed by atoms with Crippen molar-refractivity contribution in [2.24, 2.45) is 0 Å². The van der Waals surface area contributed by atoms with Gasteiger partial charge in [0.2, 0.25) is 5.82 Å². The second kappa shape index (κ2) is 5.59. The van der Waals surface area contributed by atoms with Crippen LogP contribution in [-0.2, 0) is 6.54 Å². The van der Waals surface area contributed by atoms with Crippen molar-refractivity contribution in [3.63, 3.8) is 0 Å². The smallest absolute Gasteiger partial charge is 0.217 e. The van der Waals surface area contributed by atoms with E-state index in [1.807, 2.05) is 6.92 Å². The van der Waals surface area contributed by atoms with Gasteiger partial charge in [-0.3, -0.25) is 4.57 Å². The number of nitrogens with one attached hydrogen (secondary N) is 1. The average molecular weight is 262 g/mol. The lowest BCUT2D eigenvalue weighted by Gasteiger charge is -2.09. The molecule has 0 saturated carbocycles. The molecule has 4 nitrogen and oxygen atoms in total. The summed E-state index contributed by atoms with van der Waals surface area (Å²) in [5.41, 5.74) is 0.230. The summed E-state index contributed by atoms with van der Waals surface area (Å²) in [5, 5.41) is 11.8. The predicted molar refractivity (Wildman–Crippen MR) is 65.6 cm³/mol. The van der Waals surface area contributed by atoms with E-state index in [1.54, 1.807) is 6.07 Å². The molecule has 19 heavy (non-hydrogen) atoms. The van der Waals surface area contributed by atoms with E-state index in [1.165, 1.54) is 24.5 Å². The van der Waals surface area contributed by atoms with Gasteiger partial charge in [0, 0.05) is 18.9 Å². The van der Waals surface area contributed by atoms with E-state index in [9.17, 15) is 8.78 Å². The first kappa shape index (κ1) is 13.2. The van der Waals surface area contributed by atoms with Gasteiger partial charge in [0.25, 0.3) is 0 Å². The Balaban J connectivity index is 2.46. The fourth-order valence-electron chi connectivity index (χ4n) is 1.79. The Morgan fingerprint density at radius 2 is 2.05 bits per heavy atom. The van der Waals surface area contributed by atoms with E-state index in [2.05, 4.69) is 10.3 Å². The van der Waals surface area contributed by atoms with Crippen LogP contribution in [0.25, 0.3) is 5.69 Å². The minimum Gasteiger partial charge on any atom is -0.313 e. The monoisotopic (exact) mass is 262 g/mol. The lowest BCUT2D eigenvalue weighted by molar-refractivity contribution is 0.562. The fourth-order valence-corrected chi connectivity index (χ4v) is 1.79. The van der Waals surface area contributed by atoms with Gasteiger partial charge in [-0.1, -0.05) is 6.92 Å². The number of benzene rings is 1. The quantitative estimate of drug-likeness (QED) is 0.918. The number of nitriles is 1. The highest BCUT2D eigenvalue weighted by Gasteiger charge is 2.15. The number of imidazole rings is 1. The van der Waals surface area contributed by atoms with Crippen molar-refractivity contribution in [2.45, 2.75) is 13.5 Å². The molecule has 0 bridgehead atoms. The number of hydrogen-bond donors (Lipinski definition) is 1. The predicted octanol–water partition coefficient (Wildman–Crippen LogP) is 2.13. The number of aromatic nitrogens is 2. The Morgan fingerprint density at radius 3 is 2.63 bits per heavy atom. The molecule has 0 saturated heterocycles. The Morgan fingerprint density at radius 1 is 1.37 bits per heavy atom. The van der Waals surface area contributed by atoms with E-state index in [4.69, 9.17) is 5.26 Å². The average Bonchev–Trinajstić information content (AvgIpc) is 2.83. The molecule has 0 aliphatic rings. The van der Waals surface area contributed by atoms with Crippen LogP contribution in [0.2, 0.25) is 0 Å². The lowest BCUT2D eigenvalue weighted by atomic mass is 10.1. The second-order valence-electron chi connectivity index (χ2n) is 3.92. The molecular weight excluding hydrogens is 250 g/mol. The van der Waals surface area contributed by atoms with Crippen molar-refractivity contribution in [3.05, 3.63) is 47.5 Å². The molecule has 0 fully saturated rings. The van der Waals surface area contributed by atoms with Crippen molar-refractivity contribution in [1.82, 2.24) is 14.9 Å². The third-order valence-electron chi connectivity index (χ3n) is 2.64. The summed E-state index contributed by atoms with van der Waals surface area (Å²) >= 11 is 0. The van der Waals surface area contributed by atoms with E-state index in [0.717, 1.165) is 4.57 Å². The van der Waals surface area contributed by atoms with E-state index >= 15 is 0 Å². The first-order valence-electron chi connectivity index (χ1n) is 5.79. The zero-order valence-electron chi connectivity index (χ0n) is 10.3. The van der Waals surface area contributed by atoms with Gasteiger partial charge < -0.3 is 5.32 Å². The summed E-state index contributed by atoms with van der Waals surface area (Å²) in [6.07, 6.45) is 2.67. The van der Waals surface area contributed by atoms with Crippen LogP contribution < -0.4 is 5.32 Å². The normalized spacial score (nSPS) is 10.4. The Hall–Kier alpha value is -2.26. The molecule has 1 aromatic carbocycles. The molecule has 1 N–H and O–H groups in total. The topological polar surface area (TPSA) is 53.6 Å². The molecule has 0 atom stereocenters. The van der Waals surface area contributed by atoms with Crippen molar-refractivity contribution < 1.29 is 8.78 Å².